The molecule has 31 N–H and O–H groups in total. The van der Waals surface area contributed by atoms with Crippen molar-refractivity contribution in [3.63, 3.8) is 0 Å². The first-order valence-corrected chi connectivity index (χ1v) is 33.4. The number of hydrogen-bond acceptors (Lipinski definition) is 20. The van der Waals surface area contributed by atoms with Gasteiger partial charge in [0, 0.05) is 50.2 Å². The fraction of sp³-hybridized carbons (Fsp3) is 0.655. The Morgan fingerprint density at radius 2 is 1.11 bits per heavy atom. The van der Waals surface area contributed by atoms with Crippen molar-refractivity contribution in [2.45, 2.75) is 176 Å². The van der Waals surface area contributed by atoms with Crippen LogP contribution in [0.5, 0.6) is 0 Å². The minimum absolute atomic E-state index is 0.00913. The number of aliphatic imine (C=N–C) groups is 4. The molecule has 0 bridgehead atoms. The molecule has 9 atom stereocenters. The SMILES string of the molecule is CC(C)C[C@@H]1NC(=O)[C@H](CC(=O)O)NC(=O)CNC(=O)[C@H](CCCN=C(N)N)NC(=O)[C@H](Cc2cnc[nH]2)NC(=O)CNC(=O)C(NC(=O)[C@@H](N)CCCN=C(N)N)C2(CCCCC2)SSC[C@@H](C(=O)N[C@@H](CCCN=C(N)N)C(=O)O)NC(=O)[C@H](CCCN=C(N)N)NC1=O. The molecule has 1 saturated heterocycles. The number of carbonyl (C=O) groups excluding carboxylic acids is 10. The van der Waals surface area contributed by atoms with E-state index in [0.717, 1.165) is 21.6 Å². The minimum Gasteiger partial charge on any atom is -0.481 e. The maximum absolute atomic E-state index is 14.9. The highest BCUT2D eigenvalue weighted by atomic mass is 33.1. The van der Waals surface area contributed by atoms with Crippen molar-refractivity contribution in [2.75, 3.05) is 45.0 Å². The van der Waals surface area contributed by atoms with Gasteiger partial charge in [0.05, 0.1) is 36.6 Å². The van der Waals surface area contributed by atoms with Crippen molar-refractivity contribution in [1.29, 1.82) is 0 Å². The second-order valence-electron chi connectivity index (χ2n) is 23.2. The van der Waals surface area contributed by atoms with E-state index in [1.807, 2.05) is 0 Å². The summed E-state index contributed by atoms with van der Waals surface area (Å²) in [4.78, 5) is 191. The number of amides is 10. The number of guanidine groups is 4. The Morgan fingerprint density at radius 1 is 0.625 bits per heavy atom. The molecule has 1 saturated carbocycles. The molecule has 10 amide bonds. The number of imidazole rings is 1. The van der Waals surface area contributed by atoms with Crippen molar-refractivity contribution in [1.82, 2.24) is 63.1 Å². The van der Waals surface area contributed by atoms with Crippen LogP contribution in [0.15, 0.2) is 32.5 Å². The third-order valence-corrected chi connectivity index (χ3v) is 18.1. The standard InChI is InChI=1S/C55H95N25O14S2/c1-28(2)20-34-45(88)76-32(12-8-18-68-53(61)62)44(87)79-37(48(91)77-33(50(93)94)13-9-19-69-54(63)64)26-95-96-55(14-4-3-5-15-55)41(80-42(85)30(56)10-6-16-66-51(57)58)49(92)71-25-39(82)73-35(21-29-23-65-27-72-29)46(89)75-31(11-7-17-67-52(59)60)43(86)70-24-38(81)74-36(22-40(83)84)47(90)78-34/h23,27-28,30-37,41H,3-22,24-26,56H2,1-2H3,(H,65,72)(H,70,86)(H,71,92)(H,73,82)(H,74,81)(H,75,89)(H,76,88)(H,77,91)(H,78,90)(H,79,87)(H,80,85)(H,83,84)(H,93,94)(H4,57,58,66)(H4,59,60,67)(H4,61,62,68)(H4,63,64,69)/t30-,31-,32-,33-,34-,35-,36-,37-,41?/m0/s1. The van der Waals surface area contributed by atoms with Crippen molar-refractivity contribution in [2.24, 2.45) is 77.5 Å². The van der Waals surface area contributed by atoms with Gasteiger partial charge in [-0.05, 0) is 76.5 Å². The second-order valence-corrected chi connectivity index (χ2v) is 25.9. The highest BCUT2D eigenvalue weighted by molar-refractivity contribution is 8.77. The van der Waals surface area contributed by atoms with Crippen LogP contribution in [0, 0.1) is 5.92 Å². The molecule has 2 fully saturated rings. The Bertz CT molecular complexity index is 2920. The first-order valence-electron chi connectivity index (χ1n) is 31.1. The van der Waals surface area contributed by atoms with Crippen LogP contribution in [-0.2, 0) is 64.0 Å². The summed E-state index contributed by atoms with van der Waals surface area (Å²) in [6, 6.07) is -14.0. The number of nitrogens with one attached hydrogen (secondary N) is 11. The van der Waals surface area contributed by atoms with E-state index in [0.29, 0.717) is 25.0 Å². The van der Waals surface area contributed by atoms with E-state index >= 15 is 0 Å². The van der Waals surface area contributed by atoms with Crippen molar-refractivity contribution < 1.29 is 67.7 Å². The Balaban J connectivity index is 2.31. The zero-order chi connectivity index (χ0) is 71.5. The van der Waals surface area contributed by atoms with Gasteiger partial charge in [-0.25, -0.2) is 9.78 Å². The molecular weight excluding hydrogens is 1300 g/mol. The van der Waals surface area contributed by atoms with E-state index in [4.69, 9.17) is 51.6 Å². The molecule has 41 heteroatoms. The fourth-order valence-electron chi connectivity index (χ4n) is 9.94. The van der Waals surface area contributed by atoms with Crippen LogP contribution in [0.1, 0.15) is 116 Å². The number of hydrogen-bond donors (Lipinski definition) is 22. The van der Waals surface area contributed by atoms with Crippen molar-refractivity contribution in [3.05, 3.63) is 18.2 Å². The van der Waals surface area contributed by atoms with E-state index < -0.39 is 155 Å². The number of H-pyrrole nitrogens is 1. The smallest absolute Gasteiger partial charge is 0.326 e. The molecule has 2 aliphatic rings. The predicted molar refractivity (Wildman–Crippen MR) is 357 cm³/mol. The molecule has 3 rings (SSSR count). The zero-order valence-corrected chi connectivity index (χ0v) is 55.4. The quantitative estimate of drug-likeness (QED) is 0.0168. The summed E-state index contributed by atoms with van der Waals surface area (Å²) in [5.74, 6) is -14.7. The number of nitrogens with two attached hydrogens (primary N) is 9. The molecule has 0 radical (unpaired) electrons. The molecule has 536 valence electrons. The van der Waals surface area contributed by atoms with Crippen LogP contribution in [0.2, 0.25) is 0 Å². The molecule has 1 aliphatic heterocycles. The first kappa shape index (κ1) is 80.8. The van der Waals surface area contributed by atoms with E-state index in [9.17, 15) is 67.7 Å². The normalized spacial score (nSPS) is 22.1. The van der Waals surface area contributed by atoms with Gasteiger partial charge in [-0.15, -0.1) is 0 Å². The summed E-state index contributed by atoms with van der Waals surface area (Å²) in [5.41, 5.74) is 50.8. The first-order chi connectivity index (χ1) is 45.4. The number of rotatable bonds is 27. The average Bonchev–Trinajstić information content (AvgIpc) is 1.02. The van der Waals surface area contributed by atoms with Crippen LogP contribution in [0.25, 0.3) is 0 Å². The largest absolute Gasteiger partial charge is 0.481 e. The van der Waals surface area contributed by atoms with Crippen LogP contribution in [-0.4, -0.2) is 219 Å². The summed E-state index contributed by atoms with van der Waals surface area (Å²) < 4.78 is -1.29. The third-order valence-electron chi connectivity index (χ3n) is 14.7. The van der Waals surface area contributed by atoms with Crippen molar-refractivity contribution in [3.8, 4) is 0 Å². The van der Waals surface area contributed by atoms with Gasteiger partial charge in [-0.2, -0.15) is 0 Å². The lowest BCUT2D eigenvalue weighted by atomic mass is 9.82. The predicted octanol–water partition coefficient (Wildman–Crippen LogP) is -7.69. The van der Waals surface area contributed by atoms with Crippen LogP contribution in [0.4, 0.5) is 0 Å². The Kier molecular flexibility index (Phi) is 35.5. The number of nitrogens with zero attached hydrogens (tertiary/aromatic N) is 5. The summed E-state index contributed by atoms with van der Waals surface area (Å²) >= 11 is 0. The van der Waals surface area contributed by atoms with Gasteiger partial charge in [0.2, 0.25) is 59.1 Å². The van der Waals surface area contributed by atoms with Gasteiger partial charge in [0.1, 0.15) is 48.3 Å². The molecule has 39 nitrogen and oxygen atoms in total. The number of carbonyl (C=O) groups is 12. The summed E-state index contributed by atoms with van der Waals surface area (Å²) in [5, 5.41) is 45.5. The number of aliphatic carboxylic acids is 2. The Morgan fingerprint density at radius 3 is 1.64 bits per heavy atom. The van der Waals surface area contributed by atoms with E-state index in [1.165, 1.54) is 12.5 Å². The molecule has 96 heavy (non-hydrogen) atoms. The topological polar surface area (TPSA) is 678 Å². The van der Waals surface area contributed by atoms with Crippen LogP contribution < -0.4 is 105 Å². The molecule has 1 unspecified atom stereocenters. The summed E-state index contributed by atoms with van der Waals surface area (Å²) in [7, 11) is 2.01. The molecule has 1 aromatic rings. The number of aromatic nitrogens is 2. The monoisotopic (exact) mass is 1390 g/mol. The second kappa shape index (κ2) is 42.1. The van der Waals surface area contributed by atoms with Gasteiger partial charge >= 0.3 is 11.9 Å². The molecule has 1 aliphatic carbocycles. The van der Waals surface area contributed by atoms with Crippen LogP contribution >= 0.6 is 21.6 Å². The highest BCUT2D eigenvalue weighted by Crippen LogP contribution is 2.48. The van der Waals surface area contributed by atoms with Crippen molar-refractivity contribution >= 4 is 116 Å². The lowest BCUT2D eigenvalue weighted by molar-refractivity contribution is -0.142. The number of carboxylic acids is 2. The Labute approximate surface area is 561 Å². The Hall–Kier alpha value is -9.41. The fourth-order valence-corrected chi connectivity index (χ4v) is 13.4. The lowest BCUT2D eigenvalue weighted by Gasteiger charge is -2.42. The van der Waals surface area contributed by atoms with Gasteiger partial charge in [-0.3, -0.25) is 72.7 Å². The van der Waals surface area contributed by atoms with Gasteiger partial charge in [0.15, 0.2) is 23.8 Å². The minimum atomic E-state index is -1.89. The van der Waals surface area contributed by atoms with Gasteiger partial charge in [-0.1, -0.05) is 54.7 Å². The van der Waals surface area contributed by atoms with Gasteiger partial charge < -0.3 is 120 Å². The molecule has 2 heterocycles. The number of carboxylic acid groups (broad SMARTS) is 2. The van der Waals surface area contributed by atoms with E-state index in [-0.39, 0.29) is 133 Å². The lowest BCUT2D eigenvalue weighted by Crippen LogP contribution is -2.62. The molecule has 0 aromatic carbocycles. The maximum atomic E-state index is 14.9. The number of aromatic amines is 1. The third kappa shape index (κ3) is 30.8. The maximum Gasteiger partial charge on any atom is 0.326 e. The van der Waals surface area contributed by atoms with Crippen LogP contribution in [0.3, 0.4) is 0 Å². The average molecular weight is 1390 g/mol. The van der Waals surface area contributed by atoms with E-state index in [2.05, 4.69) is 83.1 Å². The highest BCUT2D eigenvalue weighted by Gasteiger charge is 2.47. The molecular formula is C55H95N25O14S2. The zero-order valence-electron chi connectivity index (χ0n) is 53.7. The summed E-state index contributed by atoms with van der Waals surface area (Å²) in [6.07, 6.45) is 3.13. The van der Waals surface area contributed by atoms with E-state index in [1.54, 1.807) is 13.8 Å². The summed E-state index contributed by atoms with van der Waals surface area (Å²) in [6.45, 7) is 1.62. The van der Waals surface area contributed by atoms with Gasteiger partial charge in [0.25, 0.3) is 0 Å². The molecule has 1 spiro atoms. The molecule has 1 aromatic heterocycles.